The van der Waals surface area contributed by atoms with Crippen molar-refractivity contribution in [2.75, 3.05) is 0 Å². The molecule has 0 radical (unpaired) electrons. The molecule has 5 rings (SSSR count). The van der Waals surface area contributed by atoms with Gasteiger partial charge < -0.3 is 9.15 Å². The van der Waals surface area contributed by atoms with E-state index in [9.17, 15) is 0 Å². The molecule has 0 unspecified atom stereocenters. The van der Waals surface area contributed by atoms with Crippen LogP contribution in [-0.2, 0) is 6.61 Å². The minimum absolute atomic E-state index is 0.389. The summed E-state index contributed by atoms with van der Waals surface area (Å²) in [6.45, 7) is 0.389. The Hall–Kier alpha value is -3.44. The van der Waals surface area contributed by atoms with E-state index >= 15 is 0 Å². The van der Waals surface area contributed by atoms with Gasteiger partial charge in [-0.1, -0.05) is 41.9 Å². The standard InChI is InChI=1S/C22H14ClN3O2/c23-17-12-16(22-26-21-18(28-22)9-5-11-25-21)20(19-15(17)8-4-10-24-19)27-13-14-6-2-1-3-7-14/h1-12H,13H2. The number of aromatic nitrogens is 3. The lowest BCUT2D eigenvalue weighted by Crippen LogP contribution is -1.99. The number of fused-ring (bicyclic) bond motifs is 2. The lowest BCUT2D eigenvalue weighted by atomic mass is 10.1. The zero-order valence-electron chi connectivity index (χ0n) is 14.7. The van der Waals surface area contributed by atoms with Crippen LogP contribution in [-0.4, -0.2) is 15.0 Å². The Bertz CT molecular complexity index is 1250. The van der Waals surface area contributed by atoms with Crippen LogP contribution < -0.4 is 4.74 Å². The summed E-state index contributed by atoms with van der Waals surface area (Å²) in [5.41, 5.74) is 3.49. The van der Waals surface area contributed by atoms with Crippen molar-refractivity contribution in [2.24, 2.45) is 0 Å². The van der Waals surface area contributed by atoms with Crippen molar-refractivity contribution in [3.63, 3.8) is 0 Å². The summed E-state index contributed by atoms with van der Waals surface area (Å²) in [7, 11) is 0. The molecule has 6 heteroatoms. The highest BCUT2D eigenvalue weighted by atomic mass is 35.5. The predicted molar refractivity (Wildman–Crippen MR) is 108 cm³/mol. The molecule has 0 aliphatic carbocycles. The maximum absolute atomic E-state index is 6.52. The van der Waals surface area contributed by atoms with E-state index in [1.165, 1.54) is 0 Å². The van der Waals surface area contributed by atoms with Crippen LogP contribution in [0.3, 0.4) is 0 Å². The van der Waals surface area contributed by atoms with Crippen molar-refractivity contribution in [3.8, 4) is 17.2 Å². The number of rotatable bonds is 4. The normalized spacial score (nSPS) is 11.2. The maximum atomic E-state index is 6.52. The van der Waals surface area contributed by atoms with Crippen LogP contribution in [0.4, 0.5) is 0 Å². The molecule has 3 heterocycles. The van der Waals surface area contributed by atoms with Gasteiger partial charge in [0, 0.05) is 17.8 Å². The summed E-state index contributed by atoms with van der Waals surface area (Å²) in [5, 5.41) is 1.37. The Kier molecular flexibility index (Phi) is 4.14. The summed E-state index contributed by atoms with van der Waals surface area (Å²) in [6.07, 6.45) is 3.39. The monoisotopic (exact) mass is 387 g/mol. The van der Waals surface area contributed by atoms with Crippen molar-refractivity contribution in [1.29, 1.82) is 0 Å². The molecule has 0 aliphatic heterocycles. The average molecular weight is 388 g/mol. The summed E-state index contributed by atoms with van der Waals surface area (Å²) in [6, 6.07) is 19.1. The Labute approximate surface area is 165 Å². The smallest absolute Gasteiger partial charge is 0.232 e. The lowest BCUT2D eigenvalue weighted by molar-refractivity contribution is 0.310. The van der Waals surface area contributed by atoms with Crippen LogP contribution in [0.2, 0.25) is 5.02 Å². The molecule has 0 atom stereocenters. The van der Waals surface area contributed by atoms with Gasteiger partial charge in [0.05, 0.1) is 10.6 Å². The molecular weight excluding hydrogens is 374 g/mol. The van der Waals surface area contributed by atoms with Gasteiger partial charge in [-0.15, -0.1) is 0 Å². The number of oxazole rings is 1. The van der Waals surface area contributed by atoms with Gasteiger partial charge >= 0.3 is 0 Å². The lowest BCUT2D eigenvalue weighted by Gasteiger charge is -2.13. The minimum Gasteiger partial charge on any atom is -0.486 e. The molecule has 2 aromatic carbocycles. The molecule has 0 N–H and O–H groups in total. The molecule has 3 aromatic heterocycles. The van der Waals surface area contributed by atoms with Crippen molar-refractivity contribution >= 4 is 33.7 Å². The van der Waals surface area contributed by atoms with E-state index in [0.717, 1.165) is 10.9 Å². The zero-order chi connectivity index (χ0) is 18.9. The quantitative estimate of drug-likeness (QED) is 0.397. The minimum atomic E-state index is 0.389. The number of ether oxygens (including phenoxy) is 1. The van der Waals surface area contributed by atoms with Gasteiger partial charge in [0.1, 0.15) is 12.1 Å². The van der Waals surface area contributed by atoms with Crippen molar-refractivity contribution in [2.45, 2.75) is 6.61 Å². The number of benzene rings is 2. The molecule has 0 spiro atoms. The van der Waals surface area contributed by atoms with Gasteiger partial charge in [0.25, 0.3) is 0 Å². The van der Waals surface area contributed by atoms with Crippen molar-refractivity contribution in [3.05, 3.63) is 83.6 Å². The molecule has 136 valence electrons. The maximum Gasteiger partial charge on any atom is 0.232 e. The molecule has 0 bridgehead atoms. The summed E-state index contributed by atoms with van der Waals surface area (Å²) >= 11 is 6.52. The van der Waals surface area contributed by atoms with Crippen LogP contribution in [0, 0.1) is 0 Å². The van der Waals surface area contributed by atoms with E-state index in [-0.39, 0.29) is 0 Å². The molecule has 0 aliphatic rings. The third-order valence-corrected chi connectivity index (χ3v) is 4.73. The third-order valence-electron chi connectivity index (χ3n) is 4.42. The predicted octanol–water partition coefficient (Wildman–Crippen LogP) is 5.67. The van der Waals surface area contributed by atoms with Crippen LogP contribution in [0.25, 0.3) is 33.6 Å². The van der Waals surface area contributed by atoms with Crippen LogP contribution in [0.5, 0.6) is 5.75 Å². The summed E-state index contributed by atoms with van der Waals surface area (Å²) in [4.78, 5) is 13.2. The highest BCUT2D eigenvalue weighted by Gasteiger charge is 2.20. The molecule has 28 heavy (non-hydrogen) atoms. The second kappa shape index (κ2) is 6.94. The molecule has 5 nitrogen and oxygen atoms in total. The van der Waals surface area contributed by atoms with Gasteiger partial charge in [-0.2, -0.15) is 4.98 Å². The third kappa shape index (κ3) is 2.96. The highest BCUT2D eigenvalue weighted by molar-refractivity contribution is 6.36. The van der Waals surface area contributed by atoms with Crippen molar-refractivity contribution < 1.29 is 9.15 Å². The number of hydrogen-bond donors (Lipinski definition) is 0. The number of halogens is 1. The summed E-state index contributed by atoms with van der Waals surface area (Å²) < 4.78 is 12.1. The first-order valence-corrected chi connectivity index (χ1v) is 9.13. The molecule has 0 saturated carbocycles. The van der Waals surface area contributed by atoms with E-state index in [1.807, 2.05) is 48.5 Å². The fourth-order valence-electron chi connectivity index (χ4n) is 3.10. The van der Waals surface area contributed by atoms with Gasteiger partial charge in [0.2, 0.25) is 5.89 Å². The second-order valence-corrected chi connectivity index (χ2v) is 6.66. The highest BCUT2D eigenvalue weighted by Crippen LogP contribution is 2.40. The Morgan fingerprint density at radius 3 is 2.61 bits per heavy atom. The number of pyridine rings is 2. The van der Waals surface area contributed by atoms with Gasteiger partial charge in [-0.25, -0.2) is 4.98 Å². The van der Waals surface area contributed by atoms with Crippen LogP contribution in [0.1, 0.15) is 5.56 Å². The molecule has 0 fully saturated rings. The Morgan fingerprint density at radius 2 is 1.75 bits per heavy atom. The SMILES string of the molecule is Clc1cc(-c2nc3ncccc3o2)c(OCc2ccccc2)c2ncccc12. The van der Waals surface area contributed by atoms with E-state index < -0.39 is 0 Å². The fraction of sp³-hybridized carbons (Fsp3) is 0.0455. The topological polar surface area (TPSA) is 61.0 Å². The van der Waals surface area contributed by atoms with E-state index in [4.69, 9.17) is 20.8 Å². The van der Waals surface area contributed by atoms with Crippen LogP contribution in [0.15, 0.2) is 77.5 Å². The first-order chi connectivity index (χ1) is 13.8. The number of hydrogen-bond acceptors (Lipinski definition) is 5. The largest absolute Gasteiger partial charge is 0.486 e. The first-order valence-electron chi connectivity index (χ1n) is 8.75. The molecular formula is C22H14ClN3O2. The average Bonchev–Trinajstić information content (AvgIpc) is 3.18. The second-order valence-electron chi connectivity index (χ2n) is 6.25. The molecule has 0 amide bonds. The summed E-state index contributed by atoms with van der Waals surface area (Å²) in [5.74, 6) is 0.974. The fourth-order valence-corrected chi connectivity index (χ4v) is 3.36. The number of nitrogens with zero attached hydrogens (tertiary/aromatic N) is 3. The van der Waals surface area contributed by atoms with Gasteiger partial charge in [0.15, 0.2) is 17.0 Å². The molecule has 5 aromatic rings. The van der Waals surface area contributed by atoms with Crippen LogP contribution >= 0.6 is 11.6 Å². The Morgan fingerprint density at radius 1 is 0.929 bits per heavy atom. The first kappa shape index (κ1) is 16.7. The van der Waals surface area contributed by atoms with E-state index in [0.29, 0.717) is 45.6 Å². The van der Waals surface area contributed by atoms with Crippen molar-refractivity contribution in [1.82, 2.24) is 15.0 Å². The Balaban J connectivity index is 1.68. The van der Waals surface area contributed by atoms with Gasteiger partial charge in [-0.3, -0.25) is 4.98 Å². The van der Waals surface area contributed by atoms with E-state index in [1.54, 1.807) is 24.5 Å². The van der Waals surface area contributed by atoms with Gasteiger partial charge in [-0.05, 0) is 35.9 Å². The molecule has 0 saturated heterocycles. The van der Waals surface area contributed by atoms with E-state index in [2.05, 4.69) is 15.0 Å². The zero-order valence-corrected chi connectivity index (χ0v) is 15.4.